The van der Waals surface area contributed by atoms with E-state index in [4.69, 9.17) is 10.1 Å². The van der Waals surface area contributed by atoms with E-state index in [1.807, 2.05) is 19.2 Å². The van der Waals surface area contributed by atoms with E-state index in [-0.39, 0.29) is 0 Å². The molecule has 1 fully saturated rings. The van der Waals surface area contributed by atoms with Crippen molar-refractivity contribution in [3.05, 3.63) is 100 Å². The summed E-state index contributed by atoms with van der Waals surface area (Å²) in [4.78, 5) is 20.4. The Morgan fingerprint density at radius 1 is 0.895 bits per heavy atom. The fourth-order valence-electron chi connectivity index (χ4n) is 5.39. The molecular formula is C32H35N3O2S. The Kier molecular flexibility index (Phi) is 8.08. The standard InChI is InChI=1S/C32H35N3O2S/c1-34(21-27-10-6-7-11-29(27)24-8-4-3-5-9-24)28-18-16-25(17-19-28)30-22-38-32(33-30)35(2)20-23-12-14-26(15-13-23)31(36)37/h6-7,10-19,22,24H,3-5,8-9,20-21H2,1-2H3,(H,36,37). The minimum atomic E-state index is -0.907. The van der Waals surface area contributed by atoms with Crippen LogP contribution in [0.3, 0.4) is 0 Å². The Morgan fingerprint density at radius 3 is 2.32 bits per heavy atom. The van der Waals surface area contributed by atoms with Crippen LogP contribution in [-0.4, -0.2) is 30.2 Å². The SMILES string of the molecule is CN(Cc1ccccc1C1CCCCC1)c1ccc(-c2csc(N(C)Cc3ccc(C(=O)O)cc3)n2)cc1. The van der Waals surface area contributed by atoms with Crippen LogP contribution in [0.25, 0.3) is 11.3 Å². The molecule has 0 spiro atoms. The van der Waals surface area contributed by atoms with Crippen LogP contribution in [0.1, 0.15) is 65.1 Å². The molecule has 0 bridgehead atoms. The summed E-state index contributed by atoms with van der Waals surface area (Å²) >= 11 is 1.62. The second-order valence-corrected chi connectivity index (χ2v) is 11.1. The van der Waals surface area contributed by atoms with E-state index in [0.717, 1.165) is 28.5 Å². The Morgan fingerprint density at radius 2 is 1.61 bits per heavy atom. The number of carboxylic acids is 1. The number of hydrogen-bond donors (Lipinski definition) is 1. The van der Waals surface area contributed by atoms with Gasteiger partial charge in [0.25, 0.3) is 0 Å². The maximum Gasteiger partial charge on any atom is 0.335 e. The second-order valence-electron chi connectivity index (χ2n) is 10.3. The molecule has 0 unspecified atom stereocenters. The molecule has 5 rings (SSSR count). The summed E-state index contributed by atoms with van der Waals surface area (Å²) in [6.45, 7) is 1.57. The van der Waals surface area contributed by atoms with Crippen LogP contribution in [0.4, 0.5) is 10.8 Å². The summed E-state index contributed by atoms with van der Waals surface area (Å²) in [5, 5.41) is 12.1. The fourth-order valence-corrected chi connectivity index (χ4v) is 6.19. The molecule has 1 aromatic heterocycles. The van der Waals surface area contributed by atoms with Gasteiger partial charge < -0.3 is 14.9 Å². The fraction of sp³-hybridized carbons (Fsp3) is 0.312. The average Bonchev–Trinajstić information content (AvgIpc) is 3.45. The zero-order valence-electron chi connectivity index (χ0n) is 22.1. The second kappa shape index (κ2) is 11.8. The zero-order chi connectivity index (χ0) is 26.5. The van der Waals surface area contributed by atoms with Gasteiger partial charge in [0, 0.05) is 43.8 Å². The first-order valence-corrected chi connectivity index (χ1v) is 14.2. The molecule has 3 aromatic carbocycles. The van der Waals surface area contributed by atoms with E-state index >= 15 is 0 Å². The van der Waals surface area contributed by atoms with E-state index in [2.05, 4.69) is 70.8 Å². The van der Waals surface area contributed by atoms with Crippen LogP contribution < -0.4 is 9.80 Å². The van der Waals surface area contributed by atoms with Gasteiger partial charge in [0.1, 0.15) is 0 Å². The predicted octanol–water partition coefficient (Wildman–Crippen LogP) is 7.83. The highest BCUT2D eigenvalue weighted by Gasteiger charge is 2.19. The summed E-state index contributed by atoms with van der Waals surface area (Å²) in [6.07, 6.45) is 6.72. The highest BCUT2D eigenvalue weighted by atomic mass is 32.1. The molecule has 0 radical (unpaired) electrons. The minimum Gasteiger partial charge on any atom is -0.478 e. The number of nitrogens with zero attached hydrogens (tertiary/aromatic N) is 3. The lowest BCUT2D eigenvalue weighted by Gasteiger charge is -2.27. The van der Waals surface area contributed by atoms with Gasteiger partial charge in [-0.15, -0.1) is 11.3 Å². The van der Waals surface area contributed by atoms with Crippen molar-refractivity contribution in [1.82, 2.24) is 4.98 Å². The molecule has 1 aliphatic rings. The predicted molar refractivity (Wildman–Crippen MR) is 157 cm³/mol. The molecule has 1 saturated carbocycles. The first-order chi connectivity index (χ1) is 18.5. The van der Waals surface area contributed by atoms with Crippen molar-refractivity contribution in [1.29, 1.82) is 0 Å². The smallest absolute Gasteiger partial charge is 0.335 e. The molecule has 1 N–H and O–H groups in total. The summed E-state index contributed by atoms with van der Waals surface area (Å²) in [5.41, 5.74) is 7.59. The van der Waals surface area contributed by atoms with Crippen molar-refractivity contribution in [2.75, 3.05) is 23.9 Å². The van der Waals surface area contributed by atoms with Crippen LogP contribution in [-0.2, 0) is 13.1 Å². The molecule has 0 atom stereocenters. The van der Waals surface area contributed by atoms with Gasteiger partial charge in [0.2, 0.25) is 0 Å². The lowest BCUT2D eigenvalue weighted by atomic mass is 9.82. The zero-order valence-corrected chi connectivity index (χ0v) is 23.0. The molecule has 4 aromatic rings. The molecule has 1 aliphatic carbocycles. The van der Waals surface area contributed by atoms with Gasteiger partial charge in [-0.05, 0) is 59.7 Å². The average molecular weight is 526 g/mol. The summed E-state index contributed by atoms with van der Waals surface area (Å²) in [5.74, 6) is -0.201. The normalized spacial score (nSPS) is 13.8. The maximum atomic E-state index is 11.1. The largest absolute Gasteiger partial charge is 0.478 e. The van der Waals surface area contributed by atoms with Crippen molar-refractivity contribution in [2.24, 2.45) is 0 Å². The highest BCUT2D eigenvalue weighted by molar-refractivity contribution is 7.14. The summed E-state index contributed by atoms with van der Waals surface area (Å²) in [6, 6.07) is 24.7. The van der Waals surface area contributed by atoms with Crippen LogP contribution >= 0.6 is 11.3 Å². The van der Waals surface area contributed by atoms with Gasteiger partial charge in [-0.1, -0.05) is 67.8 Å². The Balaban J connectivity index is 1.23. The van der Waals surface area contributed by atoms with Crippen LogP contribution in [0.15, 0.2) is 78.2 Å². The van der Waals surface area contributed by atoms with Gasteiger partial charge in [0.15, 0.2) is 5.13 Å². The van der Waals surface area contributed by atoms with Crippen LogP contribution in [0, 0.1) is 0 Å². The number of aromatic carboxylic acids is 1. The van der Waals surface area contributed by atoms with Crippen molar-refractivity contribution < 1.29 is 9.90 Å². The van der Waals surface area contributed by atoms with Crippen molar-refractivity contribution in [3.63, 3.8) is 0 Å². The number of benzene rings is 3. The maximum absolute atomic E-state index is 11.1. The van der Waals surface area contributed by atoms with Gasteiger partial charge >= 0.3 is 5.97 Å². The van der Waals surface area contributed by atoms with E-state index in [9.17, 15) is 4.79 Å². The Bertz CT molecular complexity index is 1360. The first kappa shape index (κ1) is 26.0. The summed E-state index contributed by atoms with van der Waals surface area (Å²) in [7, 11) is 4.18. The molecule has 0 saturated heterocycles. The quantitative estimate of drug-likeness (QED) is 0.241. The molecule has 38 heavy (non-hydrogen) atoms. The molecule has 196 valence electrons. The lowest BCUT2D eigenvalue weighted by molar-refractivity contribution is 0.0697. The third-order valence-corrected chi connectivity index (χ3v) is 8.51. The van der Waals surface area contributed by atoms with Gasteiger partial charge in [-0.3, -0.25) is 0 Å². The summed E-state index contributed by atoms with van der Waals surface area (Å²) < 4.78 is 0. The topological polar surface area (TPSA) is 56.7 Å². The number of hydrogen-bond acceptors (Lipinski definition) is 5. The van der Waals surface area contributed by atoms with Crippen molar-refractivity contribution >= 4 is 28.1 Å². The van der Waals surface area contributed by atoms with E-state index in [1.54, 1.807) is 23.5 Å². The minimum absolute atomic E-state index is 0.301. The van der Waals surface area contributed by atoms with E-state index in [1.165, 1.54) is 48.9 Å². The Hall–Kier alpha value is -3.64. The monoisotopic (exact) mass is 525 g/mol. The number of aromatic nitrogens is 1. The van der Waals surface area contributed by atoms with Crippen LogP contribution in [0.2, 0.25) is 0 Å². The molecule has 1 heterocycles. The number of rotatable bonds is 9. The number of carboxylic acid groups (broad SMARTS) is 1. The highest BCUT2D eigenvalue weighted by Crippen LogP contribution is 2.35. The van der Waals surface area contributed by atoms with Gasteiger partial charge in [-0.2, -0.15) is 0 Å². The van der Waals surface area contributed by atoms with E-state index < -0.39 is 5.97 Å². The molecule has 0 aliphatic heterocycles. The number of carbonyl (C=O) groups is 1. The van der Waals surface area contributed by atoms with Gasteiger partial charge in [-0.25, -0.2) is 9.78 Å². The number of anilines is 2. The molecule has 0 amide bonds. The third-order valence-electron chi connectivity index (χ3n) is 7.55. The van der Waals surface area contributed by atoms with Gasteiger partial charge in [0.05, 0.1) is 11.3 Å². The number of thiazole rings is 1. The first-order valence-electron chi connectivity index (χ1n) is 13.4. The molecular weight excluding hydrogens is 490 g/mol. The Labute approximate surface area is 229 Å². The van der Waals surface area contributed by atoms with Crippen molar-refractivity contribution in [2.45, 2.75) is 51.1 Å². The van der Waals surface area contributed by atoms with Crippen molar-refractivity contribution in [3.8, 4) is 11.3 Å². The molecule has 6 heteroatoms. The van der Waals surface area contributed by atoms with Crippen LogP contribution in [0.5, 0.6) is 0 Å². The van der Waals surface area contributed by atoms with E-state index in [0.29, 0.717) is 18.0 Å². The third kappa shape index (κ3) is 6.08. The lowest BCUT2D eigenvalue weighted by Crippen LogP contribution is -2.18. The molecule has 5 nitrogen and oxygen atoms in total.